The first-order valence-electron chi connectivity index (χ1n) is 5.14. The van der Waals surface area contributed by atoms with Gasteiger partial charge in [-0.25, -0.2) is 0 Å². The molecular weight excluding hydrogens is 158 g/mol. The predicted molar refractivity (Wildman–Crippen MR) is 58.9 cm³/mol. The smallest absolute Gasteiger partial charge is 0.0190 e. The van der Waals surface area contributed by atoms with Gasteiger partial charge in [-0.15, -0.1) is 0 Å². The summed E-state index contributed by atoms with van der Waals surface area (Å²) in [6, 6.07) is 0. The average molecular weight is 181 g/mol. The first kappa shape index (κ1) is 10.8. The van der Waals surface area contributed by atoms with Crippen molar-refractivity contribution in [3.05, 3.63) is 11.6 Å². The van der Waals surface area contributed by atoms with E-state index in [-0.39, 0.29) is 0 Å². The van der Waals surface area contributed by atoms with Crippen molar-refractivity contribution in [2.75, 3.05) is 13.6 Å². The highest BCUT2D eigenvalue weighted by molar-refractivity contribution is 5.18. The minimum absolute atomic E-state index is 0.331. The lowest BCUT2D eigenvalue weighted by atomic mass is 9.77. The maximum absolute atomic E-state index is 2.42. The van der Waals surface area contributed by atoms with Crippen LogP contribution in [0, 0.1) is 5.41 Å². The minimum atomic E-state index is 0.331. The molecule has 0 saturated heterocycles. The Kier molecular flexibility index (Phi) is 2.59. The van der Waals surface area contributed by atoms with Crippen LogP contribution in [0.1, 0.15) is 41.0 Å². The molecule has 1 aliphatic rings. The van der Waals surface area contributed by atoms with Crippen LogP contribution in [0.4, 0.5) is 0 Å². The largest absolute Gasteiger partial charge is 0.297 e. The van der Waals surface area contributed by atoms with E-state index in [1.54, 1.807) is 5.57 Å². The van der Waals surface area contributed by atoms with Crippen molar-refractivity contribution in [1.82, 2.24) is 4.90 Å². The molecule has 0 radical (unpaired) electrons. The van der Waals surface area contributed by atoms with Gasteiger partial charge in [0.2, 0.25) is 0 Å². The Hall–Kier alpha value is -0.300. The fraction of sp³-hybridized carbons (Fsp3) is 0.833. The molecule has 0 bridgehead atoms. The molecule has 1 heteroatoms. The van der Waals surface area contributed by atoms with Crippen LogP contribution in [-0.2, 0) is 0 Å². The van der Waals surface area contributed by atoms with Crippen molar-refractivity contribution in [2.45, 2.75) is 46.6 Å². The molecule has 0 atom stereocenters. The fourth-order valence-electron chi connectivity index (χ4n) is 1.74. The van der Waals surface area contributed by atoms with Crippen molar-refractivity contribution >= 4 is 0 Å². The van der Waals surface area contributed by atoms with Crippen molar-refractivity contribution in [3.63, 3.8) is 0 Å². The Morgan fingerprint density at radius 1 is 1.31 bits per heavy atom. The highest BCUT2D eigenvalue weighted by Gasteiger charge is 2.31. The van der Waals surface area contributed by atoms with Gasteiger partial charge < -0.3 is 0 Å². The van der Waals surface area contributed by atoms with Gasteiger partial charge in [0.25, 0.3) is 0 Å². The summed E-state index contributed by atoms with van der Waals surface area (Å²) in [5, 5.41) is 0. The summed E-state index contributed by atoms with van der Waals surface area (Å²) in [4.78, 5) is 2.42. The van der Waals surface area contributed by atoms with Gasteiger partial charge in [-0.2, -0.15) is 0 Å². The molecule has 0 fully saturated rings. The Morgan fingerprint density at radius 3 is 2.23 bits per heavy atom. The van der Waals surface area contributed by atoms with Gasteiger partial charge in [-0.05, 0) is 32.7 Å². The molecule has 0 amide bonds. The van der Waals surface area contributed by atoms with E-state index in [0.717, 1.165) is 6.54 Å². The highest BCUT2D eigenvalue weighted by Crippen LogP contribution is 2.36. The zero-order valence-corrected chi connectivity index (χ0v) is 9.94. The standard InChI is InChI=1S/C12H23N/c1-11(2,3)10-7-8-13(6)12(4,5)9-10/h7H,8-9H2,1-6H3. The second-order valence-corrected chi connectivity index (χ2v) is 5.85. The summed E-state index contributed by atoms with van der Waals surface area (Å²) in [7, 11) is 2.20. The van der Waals surface area contributed by atoms with Crippen LogP contribution < -0.4 is 0 Å². The summed E-state index contributed by atoms with van der Waals surface area (Å²) in [5.74, 6) is 0. The van der Waals surface area contributed by atoms with E-state index in [4.69, 9.17) is 0 Å². The second-order valence-electron chi connectivity index (χ2n) is 5.85. The van der Waals surface area contributed by atoms with Crippen LogP contribution in [0.3, 0.4) is 0 Å². The number of nitrogens with zero attached hydrogens (tertiary/aromatic N) is 1. The zero-order chi connectivity index (χ0) is 10.3. The molecule has 1 nitrogen and oxygen atoms in total. The molecule has 0 aromatic carbocycles. The molecule has 0 unspecified atom stereocenters. The van der Waals surface area contributed by atoms with Crippen molar-refractivity contribution in [2.24, 2.45) is 5.41 Å². The summed E-state index contributed by atoms with van der Waals surface area (Å²) < 4.78 is 0. The lowest BCUT2D eigenvalue weighted by Crippen LogP contribution is -2.45. The van der Waals surface area contributed by atoms with Gasteiger partial charge in [0.15, 0.2) is 0 Å². The lowest BCUT2D eigenvalue weighted by molar-refractivity contribution is 0.151. The number of hydrogen-bond acceptors (Lipinski definition) is 1. The average Bonchev–Trinajstić information content (AvgIpc) is 1.92. The molecule has 1 heterocycles. The Balaban J connectivity index is 2.84. The summed E-state index contributed by atoms with van der Waals surface area (Å²) >= 11 is 0. The van der Waals surface area contributed by atoms with E-state index in [2.05, 4.69) is 52.6 Å². The monoisotopic (exact) mass is 181 g/mol. The summed E-state index contributed by atoms with van der Waals surface area (Å²) in [5.41, 5.74) is 2.28. The van der Waals surface area contributed by atoms with E-state index in [0.29, 0.717) is 11.0 Å². The van der Waals surface area contributed by atoms with Crippen LogP contribution in [0.25, 0.3) is 0 Å². The number of hydrogen-bond donors (Lipinski definition) is 0. The summed E-state index contributed by atoms with van der Waals surface area (Å²) in [6.45, 7) is 12.7. The molecule has 0 aliphatic carbocycles. The molecule has 0 N–H and O–H groups in total. The van der Waals surface area contributed by atoms with Crippen molar-refractivity contribution in [3.8, 4) is 0 Å². The van der Waals surface area contributed by atoms with E-state index in [9.17, 15) is 0 Å². The SMILES string of the molecule is CN1CC=C(C(C)(C)C)CC1(C)C. The van der Waals surface area contributed by atoms with Crippen LogP contribution >= 0.6 is 0 Å². The van der Waals surface area contributed by atoms with E-state index in [1.807, 2.05) is 0 Å². The van der Waals surface area contributed by atoms with Gasteiger partial charge in [0.1, 0.15) is 0 Å². The quantitative estimate of drug-likeness (QED) is 0.519. The molecule has 1 aliphatic heterocycles. The van der Waals surface area contributed by atoms with Gasteiger partial charge in [-0.3, -0.25) is 4.90 Å². The molecule has 76 valence electrons. The Morgan fingerprint density at radius 2 is 1.85 bits per heavy atom. The topological polar surface area (TPSA) is 3.24 Å². The second kappa shape index (κ2) is 3.13. The fourth-order valence-corrected chi connectivity index (χ4v) is 1.74. The Bertz CT molecular complexity index is 218. The predicted octanol–water partition coefficient (Wildman–Crippen LogP) is 3.07. The third-order valence-electron chi connectivity index (χ3n) is 3.23. The zero-order valence-electron chi connectivity index (χ0n) is 9.94. The van der Waals surface area contributed by atoms with Crippen molar-refractivity contribution < 1.29 is 0 Å². The van der Waals surface area contributed by atoms with E-state index >= 15 is 0 Å². The molecule has 0 aromatic heterocycles. The highest BCUT2D eigenvalue weighted by atomic mass is 15.2. The van der Waals surface area contributed by atoms with Crippen LogP contribution in [0.5, 0.6) is 0 Å². The van der Waals surface area contributed by atoms with Gasteiger partial charge in [0, 0.05) is 12.1 Å². The molecule has 0 aromatic rings. The maximum Gasteiger partial charge on any atom is 0.0190 e. The Labute approximate surface area is 82.8 Å². The first-order valence-corrected chi connectivity index (χ1v) is 5.14. The van der Waals surface area contributed by atoms with Gasteiger partial charge in [-0.1, -0.05) is 32.4 Å². The van der Waals surface area contributed by atoms with Crippen LogP contribution in [-0.4, -0.2) is 24.0 Å². The van der Waals surface area contributed by atoms with Gasteiger partial charge in [0.05, 0.1) is 0 Å². The molecule has 0 saturated carbocycles. The number of likely N-dealkylation sites (N-methyl/N-ethyl adjacent to an activating group) is 1. The number of rotatable bonds is 0. The normalized spacial score (nSPS) is 24.3. The lowest BCUT2D eigenvalue weighted by Gasteiger charge is -2.42. The van der Waals surface area contributed by atoms with Crippen LogP contribution in [0.15, 0.2) is 11.6 Å². The van der Waals surface area contributed by atoms with Gasteiger partial charge >= 0.3 is 0 Å². The molecule has 1 rings (SSSR count). The minimum Gasteiger partial charge on any atom is -0.297 e. The molecule has 0 spiro atoms. The maximum atomic E-state index is 2.42. The third kappa shape index (κ3) is 2.34. The van der Waals surface area contributed by atoms with E-state index in [1.165, 1.54) is 6.42 Å². The van der Waals surface area contributed by atoms with Crippen LogP contribution in [0.2, 0.25) is 0 Å². The third-order valence-corrected chi connectivity index (χ3v) is 3.23. The van der Waals surface area contributed by atoms with Crippen molar-refractivity contribution in [1.29, 1.82) is 0 Å². The first-order chi connectivity index (χ1) is 5.73. The summed E-state index contributed by atoms with van der Waals surface area (Å²) in [6.07, 6.45) is 3.60. The molecule has 13 heavy (non-hydrogen) atoms. The molecular formula is C12H23N. The van der Waals surface area contributed by atoms with E-state index < -0.39 is 0 Å².